The lowest BCUT2D eigenvalue weighted by atomic mass is 9.95. The number of aryl methyl sites for hydroxylation is 1. The van der Waals surface area contributed by atoms with Gasteiger partial charge in [-0.3, -0.25) is 4.79 Å². The van der Waals surface area contributed by atoms with Gasteiger partial charge in [0.2, 0.25) is 17.7 Å². The number of nitrogens with zero attached hydrogens (tertiary/aromatic N) is 2. The van der Waals surface area contributed by atoms with Crippen molar-refractivity contribution in [1.82, 2.24) is 10.2 Å². The summed E-state index contributed by atoms with van der Waals surface area (Å²) in [5, 5.41) is 11.0. The highest BCUT2D eigenvalue weighted by Gasteiger charge is 2.23. The van der Waals surface area contributed by atoms with Crippen LogP contribution >= 0.6 is 0 Å². The van der Waals surface area contributed by atoms with Crippen molar-refractivity contribution < 1.29 is 13.9 Å². The third kappa shape index (κ3) is 4.91. The number of ether oxygens (including phenoxy) is 1. The lowest BCUT2D eigenvalue weighted by Gasteiger charge is -2.14. The Morgan fingerprint density at radius 2 is 1.53 bits per heavy atom. The van der Waals surface area contributed by atoms with Gasteiger partial charge in [0.15, 0.2) is 0 Å². The molecule has 0 radical (unpaired) electrons. The summed E-state index contributed by atoms with van der Waals surface area (Å²) in [6.45, 7) is 1.73. The molecule has 30 heavy (non-hydrogen) atoms. The Kier molecular flexibility index (Phi) is 5.85. The highest BCUT2D eigenvalue weighted by molar-refractivity contribution is 5.91. The molecule has 6 nitrogen and oxygen atoms in total. The number of nitrogens with one attached hydrogen (secondary N) is 1. The van der Waals surface area contributed by atoms with Crippen LogP contribution in [0.4, 0.5) is 5.69 Å². The van der Waals surface area contributed by atoms with Crippen LogP contribution < -0.4 is 10.1 Å². The molecule has 0 aliphatic rings. The predicted octanol–water partition coefficient (Wildman–Crippen LogP) is 5.33. The van der Waals surface area contributed by atoms with E-state index in [0.29, 0.717) is 23.2 Å². The molecule has 1 unspecified atom stereocenters. The van der Waals surface area contributed by atoms with Gasteiger partial charge < -0.3 is 14.5 Å². The molecule has 1 atom stereocenters. The number of amides is 1. The second-order valence-corrected chi connectivity index (χ2v) is 6.81. The molecule has 0 aliphatic carbocycles. The van der Waals surface area contributed by atoms with Gasteiger partial charge in [-0.1, -0.05) is 48.5 Å². The van der Waals surface area contributed by atoms with E-state index < -0.39 is 0 Å². The Balaban J connectivity index is 1.43. The molecule has 0 fully saturated rings. The SMILES string of the molecule is Cc1nnc(C(CC(=O)Nc2ccc(Oc3ccccc3)cc2)c2ccccc2)o1. The van der Waals surface area contributed by atoms with Crippen LogP contribution in [0.1, 0.15) is 29.7 Å². The minimum absolute atomic E-state index is 0.142. The molecule has 4 rings (SSSR count). The largest absolute Gasteiger partial charge is 0.457 e. The maximum atomic E-state index is 12.7. The highest BCUT2D eigenvalue weighted by atomic mass is 16.5. The average Bonchev–Trinajstić information content (AvgIpc) is 3.21. The van der Waals surface area contributed by atoms with Gasteiger partial charge in [0.25, 0.3) is 0 Å². The molecule has 0 saturated heterocycles. The van der Waals surface area contributed by atoms with Crippen molar-refractivity contribution >= 4 is 11.6 Å². The quantitative estimate of drug-likeness (QED) is 0.454. The number of hydrogen-bond acceptors (Lipinski definition) is 5. The average molecular weight is 399 g/mol. The number of para-hydroxylation sites is 1. The highest BCUT2D eigenvalue weighted by Crippen LogP contribution is 2.28. The third-order valence-electron chi connectivity index (χ3n) is 4.55. The molecule has 0 aliphatic heterocycles. The van der Waals surface area contributed by atoms with Crippen LogP contribution in [0.15, 0.2) is 89.3 Å². The minimum Gasteiger partial charge on any atom is -0.457 e. The first-order chi connectivity index (χ1) is 14.7. The van der Waals surface area contributed by atoms with Gasteiger partial charge >= 0.3 is 0 Å². The number of hydrogen-bond donors (Lipinski definition) is 1. The molecule has 0 spiro atoms. The first kappa shape index (κ1) is 19.4. The topological polar surface area (TPSA) is 77.2 Å². The fourth-order valence-corrected chi connectivity index (χ4v) is 3.11. The normalized spacial score (nSPS) is 11.6. The van der Waals surface area contributed by atoms with Crippen LogP contribution in [0.25, 0.3) is 0 Å². The fourth-order valence-electron chi connectivity index (χ4n) is 3.11. The van der Waals surface area contributed by atoms with Gasteiger partial charge in [-0.2, -0.15) is 0 Å². The first-order valence-electron chi connectivity index (χ1n) is 9.65. The van der Waals surface area contributed by atoms with Crippen LogP contribution in [-0.4, -0.2) is 16.1 Å². The van der Waals surface area contributed by atoms with E-state index in [4.69, 9.17) is 9.15 Å². The molecule has 0 saturated carbocycles. The molecule has 4 aromatic rings. The number of carbonyl (C=O) groups excluding carboxylic acids is 1. The molecule has 1 heterocycles. The van der Waals surface area contributed by atoms with Crippen LogP contribution in [0.2, 0.25) is 0 Å². The van der Waals surface area contributed by atoms with Crippen LogP contribution in [-0.2, 0) is 4.79 Å². The van der Waals surface area contributed by atoms with Gasteiger partial charge in [-0.25, -0.2) is 0 Å². The smallest absolute Gasteiger partial charge is 0.225 e. The van der Waals surface area contributed by atoms with Crippen molar-refractivity contribution in [2.45, 2.75) is 19.3 Å². The summed E-state index contributed by atoms with van der Waals surface area (Å²) >= 11 is 0. The van der Waals surface area contributed by atoms with E-state index >= 15 is 0 Å². The zero-order valence-corrected chi connectivity index (χ0v) is 16.5. The Hall–Kier alpha value is -3.93. The predicted molar refractivity (Wildman–Crippen MR) is 114 cm³/mol. The Bertz CT molecular complexity index is 1090. The van der Waals surface area contributed by atoms with Crippen LogP contribution in [0, 0.1) is 6.92 Å². The van der Waals surface area contributed by atoms with E-state index in [2.05, 4.69) is 15.5 Å². The van der Waals surface area contributed by atoms with E-state index in [-0.39, 0.29) is 18.2 Å². The molecule has 150 valence electrons. The van der Waals surface area contributed by atoms with E-state index in [1.807, 2.05) is 84.9 Å². The molecular formula is C24H21N3O3. The maximum Gasteiger partial charge on any atom is 0.225 e. The van der Waals surface area contributed by atoms with E-state index in [1.165, 1.54) is 0 Å². The molecule has 1 N–H and O–H groups in total. The standard InChI is InChI=1S/C24H21N3O3/c1-17-26-27-24(29-17)22(18-8-4-2-5-9-18)16-23(28)25-19-12-14-21(15-13-19)30-20-10-6-3-7-11-20/h2-15,22H,16H2,1H3,(H,25,28). The Labute approximate surface area is 174 Å². The summed E-state index contributed by atoms with van der Waals surface area (Å²) in [4.78, 5) is 12.7. The number of carbonyl (C=O) groups is 1. The van der Waals surface area contributed by atoms with Gasteiger partial charge in [-0.15, -0.1) is 10.2 Å². The lowest BCUT2D eigenvalue weighted by molar-refractivity contribution is -0.116. The molecule has 1 amide bonds. The summed E-state index contributed by atoms with van der Waals surface area (Å²) in [6, 6.07) is 26.5. The van der Waals surface area contributed by atoms with Gasteiger partial charge in [-0.05, 0) is 42.0 Å². The fraction of sp³-hybridized carbons (Fsp3) is 0.125. The van der Waals surface area contributed by atoms with Crippen molar-refractivity contribution in [3.63, 3.8) is 0 Å². The molecule has 6 heteroatoms. The second-order valence-electron chi connectivity index (χ2n) is 6.81. The maximum absolute atomic E-state index is 12.7. The van der Waals surface area contributed by atoms with E-state index in [9.17, 15) is 4.79 Å². The summed E-state index contributed by atoms with van der Waals surface area (Å²) in [7, 11) is 0. The van der Waals surface area contributed by atoms with Crippen molar-refractivity contribution in [1.29, 1.82) is 0 Å². The van der Waals surface area contributed by atoms with Crippen LogP contribution in [0.3, 0.4) is 0 Å². The monoisotopic (exact) mass is 399 g/mol. The van der Waals surface area contributed by atoms with Gasteiger partial charge in [0, 0.05) is 19.0 Å². The Morgan fingerprint density at radius 1 is 0.900 bits per heavy atom. The van der Waals surface area contributed by atoms with Crippen molar-refractivity contribution in [2.24, 2.45) is 0 Å². The first-order valence-corrected chi connectivity index (χ1v) is 9.65. The number of anilines is 1. The van der Waals surface area contributed by atoms with E-state index in [1.54, 1.807) is 6.92 Å². The zero-order valence-electron chi connectivity index (χ0n) is 16.5. The summed E-state index contributed by atoms with van der Waals surface area (Å²) < 4.78 is 11.4. The summed E-state index contributed by atoms with van der Waals surface area (Å²) in [6.07, 6.45) is 0.188. The van der Waals surface area contributed by atoms with Crippen molar-refractivity contribution in [3.05, 3.63) is 102 Å². The number of aromatic nitrogens is 2. The van der Waals surface area contributed by atoms with Crippen LogP contribution in [0.5, 0.6) is 11.5 Å². The molecule has 1 aromatic heterocycles. The number of benzene rings is 3. The third-order valence-corrected chi connectivity index (χ3v) is 4.55. The molecular weight excluding hydrogens is 378 g/mol. The molecule has 3 aromatic carbocycles. The van der Waals surface area contributed by atoms with E-state index in [0.717, 1.165) is 11.3 Å². The number of rotatable bonds is 7. The van der Waals surface area contributed by atoms with Crippen molar-refractivity contribution in [2.75, 3.05) is 5.32 Å². The van der Waals surface area contributed by atoms with Gasteiger partial charge in [0.1, 0.15) is 11.5 Å². The Morgan fingerprint density at radius 3 is 2.17 bits per heavy atom. The summed E-state index contributed by atoms with van der Waals surface area (Å²) in [5.41, 5.74) is 1.64. The second kappa shape index (κ2) is 9.05. The lowest BCUT2D eigenvalue weighted by Crippen LogP contribution is -2.16. The summed E-state index contributed by atoms with van der Waals surface area (Å²) in [5.74, 6) is 1.91. The van der Waals surface area contributed by atoms with Gasteiger partial charge in [0.05, 0.1) is 5.92 Å². The molecule has 0 bridgehead atoms. The van der Waals surface area contributed by atoms with Crippen molar-refractivity contribution in [3.8, 4) is 11.5 Å². The minimum atomic E-state index is -0.312. The zero-order chi connectivity index (χ0) is 20.8.